The number of halogens is 2. The van der Waals surface area contributed by atoms with E-state index in [-0.39, 0.29) is 0 Å². The summed E-state index contributed by atoms with van der Waals surface area (Å²) in [6.45, 7) is 5.21. The molecule has 0 atom stereocenters. The summed E-state index contributed by atoms with van der Waals surface area (Å²) in [5, 5.41) is 7.63. The van der Waals surface area contributed by atoms with E-state index in [1.165, 1.54) is 6.07 Å². The van der Waals surface area contributed by atoms with Crippen LogP contribution in [-0.4, -0.2) is 5.71 Å². The second-order valence-electron chi connectivity index (χ2n) is 4.74. The summed E-state index contributed by atoms with van der Waals surface area (Å²) >= 11 is 0. The second-order valence-corrected chi connectivity index (χ2v) is 4.74. The van der Waals surface area contributed by atoms with Crippen molar-refractivity contribution in [3.05, 3.63) is 58.7 Å². The van der Waals surface area contributed by atoms with Crippen LogP contribution in [0.15, 0.2) is 30.3 Å². The lowest BCUT2D eigenvalue weighted by molar-refractivity contribution is 0.579. The molecule has 0 bridgehead atoms. The maximum Gasteiger partial charge on any atom is 0.133 e. The Kier molecular flexibility index (Phi) is 3.47. The Hall–Kier alpha value is -2.03. The number of benzene rings is 2. The van der Waals surface area contributed by atoms with Gasteiger partial charge in [-0.15, -0.1) is 0 Å². The molecule has 19 heavy (non-hydrogen) atoms. The normalized spacial score (nSPS) is 10.6. The zero-order valence-electron chi connectivity index (χ0n) is 11.1. The van der Waals surface area contributed by atoms with Crippen LogP contribution in [0.5, 0.6) is 0 Å². The molecule has 0 radical (unpaired) electrons. The molecule has 0 amide bonds. The molecule has 0 fully saturated rings. The molecule has 0 unspecified atom stereocenters. The second kappa shape index (κ2) is 4.92. The summed E-state index contributed by atoms with van der Waals surface area (Å²) in [5.74, 6) is -1.10. The van der Waals surface area contributed by atoms with E-state index >= 15 is 0 Å². The third kappa shape index (κ3) is 2.55. The number of rotatable bonds is 2. The molecule has 2 aromatic carbocycles. The van der Waals surface area contributed by atoms with Gasteiger partial charge in [-0.3, -0.25) is 0 Å². The van der Waals surface area contributed by atoms with Gasteiger partial charge in [0.15, 0.2) is 0 Å². The lowest BCUT2D eigenvalue weighted by Crippen LogP contribution is -1.97. The van der Waals surface area contributed by atoms with Crippen molar-refractivity contribution < 1.29 is 8.78 Å². The van der Waals surface area contributed by atoms with Crippen LogP contribution in [0, 0.1) is 30.9 Å². The molecular formula is C16H15F2N. The summed E-state index contributed by atoms with van der Waals surface area (Å²) in [5.41, 5.74) is 3.72. The van der Waals surface area contributed by atoms with Crippen LogP contribution < -0.4 is 0 Å². The van der Waals surface area contributed by atoms with Gasteiger partial charge in [-0.25, -0.2) is 8.78 Å². The summed E-state index contributed by atoms with van der Waals surface area (Å²) in [6.07, 6.45) is 0. The Morgan fingerprint density at radius 1 is 0.947 bits per heavy atom. The lowest BCUT2D eigenvalue weighted by atomic mass is 9.96. The van der Waals surface area contributed by atoms with Crippen LogP contribution in [0.2, 0.25) is 0 Å². The first-order chi connectivity index (χ1) is 8.90. The molecule has 0 aliphatic carbocycles. The first-order valence-corrected chi connectivity index (χ1v) is 6.02. The highest BCUT2D eigenvalue weighted by molar-refractivity contribution is 5.98. The van der Waals surface area contributed by atoms with Crippen molar-refractivity contribution in [2.75, 3.05) is 0 Å². The molecule has 2 rings (SSSR count). The highest BCUT2D eigenvalue weighted by Crippen LogP contribution is 2.27. The van der Waals surface area contributed by atoms with Gasteiger partial charge in [0.25, 0.3) is 0 Å². The average molecular weight is 259 g/mol. The van der Waals surface area contributed by atoms with Crippen molar-refractivity contribution in [2.45, 2.75) is 20.8 Å². The predicted molar refractivity (Wildman–Crippen MR) is 73.8 cm³/mol. The predicted octanol–water partition coefficient (Wildman–Crippen LogP) is 4.64. The highest BCUT2D eigenvalue weighted by Gasteiger charge is 2.11. The van der Waals surface area contributed by atoms with Crippen molar-refractivity contribution in [2.24, 2.45) is 0 Å². The van der Waals surface area contributed by atoms with E-state index in [0.717, 1.165) is 17.2 Å². The van der Waals surface area contributed by atoms with Gasteiger partial charge in [0.2, 0.25) is 0 Å². The fraction of sp³-hybridized carbons (Fsp3) is 0.188. The fourth-order valence-corrected chi connectivity index (χ4v) is 2.13. The number of hydrogen-bond acceptors (Lipinski definition) is 1. The third-order valence-electron chi connectivity index (χ3n) is 3.19. The lowest BCUT2D eigenvalue weighted by Gasteiger charge is -2.10. The highest BCUT2D eigenvalue weighted by atomic mass is 19.1. The minimum absolute atomic E-state index is 0.385. The Balaban J connectivity index is 2.57. The molecule has 0 aromatic heterocycles. The molecule has 0 saturated carbocycles. The van der Waals surface area contributed by atoms with E-state index < -0.39 is 11.6 Å². The van der Waals surface area contributed by atoms with E-state index in [0.29, 0.717) is 22.4 Å². The quantitative estimate of drug-likeness (QED) is 0.760. The van der Waals surface area contributed by atoms with Crippen molar-refractivity contribution in [1.82, 2.24) is 0 Å². The van der Waals surface area contributed by atoms with E-state index in [2.05, 4.69) is 0 Å². The largest absolute Gasteiger partial charge is 0.305 e. The summed E-state index contributed by atoms with van der Waals surface area (Å²) in [4.78, 5) is 0. The molecule has 1 N–H and O–H groups in total. The minimum Gasteiger partial charge on any atom is -0.305 e. The van der Waals surface area contributed by atoms with Crippen LogP contribution in [0.3, 0.4) is 0 Å². The molecule has 3 heteroatoms. The Morgan fingerprint density at radius 3 is 2.21 bits per heavy atom. The molecule has 2 aromatic rings. The first-order valence-electron chi connectivity index (χ1n) is 6.02. The fourth-order valence-electron chi connectivity index (χ4n) is 2.13. The van der Waals surface area contributed by atoms with Gasteiger partial charge < -0.3 is 5.41 Å². The zero-order valence-corrected chi connectivity index (χ0v) is 11.1. The van der Waals surface area contributed by atoms with Crippen LogP contribution in [0.1, 0.15) is 23.6 Å². The molecule has 0 saturated heterocycles. The molecule has 0 aliphatic rings. The van der Waals surface area contributed by atoms with Gasteiger partial charge in [-0.05, 0) is 49.1 Å². The van der Waals surface area contributed by atoms with Crippen molar-refractivity contribution in [3.8, 4) is 11.1 Å². The number of aryl methyl sites for hydroxylation is 2. The molecule has 0 aliphatic heterocycles. The maximum absolute atomic E-state index is 13.8. The third-order valence-corrected chi connectivity index (χ3v) is 3.19. The summed E-state index contributed by atoms with van der Waals surface area (Å²) < 4.78 is 27.1. The van der Waals surface area contributed by atoms with Crippen LogP contribution in [-0.2, 0) is 0 Å². The summed E-state index contributed by atoms with van der Waals surface area (Å²) in [7, 11) is 0. The van der Waals surface area contributed by atoms with E-state index in [4.69, 9.17) is 5.41 Å². The Labute approximate surface area is 111 Å². The topological polar surface area (TPSA) is 23.9 Å². The van der Waals surface area contributed by atoms with E-state index in [9.17, 15) is 8.78 Å². The SMILES string of the molecule is CC(=N)c1ccc(-c2cc(C)c(F)cc2F)cc1C. The molecular weight excluding hydrogens is 244 g/mol. The maximum atomic E-state index is 13.8. The van der Waals surface area contributed by atoms with Crippen molar-refractivity contribution in [3.63, 3.8) is 0 Å². The molecule has 1 nitrogen and oxygen atoms in total. The zero-order chi connectivity index (χ0) is 14.2. The summed E-state index contributed by atoms with van der Waals surface area (Å²) in [6, 6.07) is 7.80. The van der Waals surface area contributed by atoms with Gasteiger partial charge in [0, 0.05) is 17.3 Å². The van der Waals surface area contributed by atoms with Crippen LogP contribution in [0.4, 0.5) is 8.78 Å². The first kappa shape index (κ1) is 13.4. The van der Waals surface area contributed by atoms with Gasteiger partial charge in [-0.2, -0.15) is 0 Å². The standard InChI is InChI=1S/C16H15F2N/c1-9-6-12(4-5-13(9)11(3)19)14-7-10(2)15(17)8-16(14)18/h4-8,19H,1-3H3. The minimum atomic E-state index is -0.568. The van der Waals surface area contributed by atoms with Gasteiger partial charge >= 0.3 is 0 Å². The van der Waals surface area contributed by atoms with Gasteiger partial charge in [0.1, 0.15) is 11.6 Å². The van der Waals surface area contributed by atoms with Gasteiger partial charge in [0.05, 0.1) is 0 Å². The van der Waals surface area contributed by atoms with Crippen molar-refractivity contribution in [1.29, 1.82) is 5.41 Å². The Morgan fingerprint density at radius 2 is 1.63 bits per heavy atom. The molecule has 0 heterocycles. The molecule has 0 spiro atoms. The number of hydrogen-bond donors (Lipinski definition) is 1. The van der Waals surface area contributed by atoms with Crippen LogP contribution in [0.25, 0.3) is 11.1 Å². The Bertz CT molecular complexity index is 660. The smallest absolute Gasteiger partial charge is 0.133 e. The van der Waals surface area contributed by atoms with Crippen molar-refractivity contribution >= 4 is 5.71 Å². The van der Waals surface area contributed by atoms with E-state index in [1.54, 1.807) is 26.0 Å². The van der Waals surface area contributed by atoms with Crippen LogP contribution >= 0.6 is 0 Å². The average Bonchev–Trinajstić information content (AvgIpc) is 2.33. The van der Waals surface area contributed by atoms with Gasteiger partial charge in [-0.1, -0.05) is 18.2 Å². The molecule has 98 valence electrons. The van der Waals surface area contributed by atoms with E-state index in [1.807, 2.05) is 13.0 Å². The number of nitrogens with one attached hydrogen (secondary N) is 1. The monoisotopic (exact) mass is 259 g/mol.